The summed E-state index contributed by atoms with van der Waals surface area (Å²) in [6.07, 6.45) is 0. The molecule has 0 aliphatic heterocycles. The van der Waals surface area contributed by atoms with Crippen molar-refractivity contribution in [1.29, 1.82) is 0 Å². The molecular formula is C25H17ClN6O4S. The summed E-state index contributed by atoms with van der Waals surface area (Å²) in [6, 6.07) is 19.8. The van der Waals surface area contributed by atoms with Gasteiger partial charge in [-0.15, -0.1) is 10.2 Å². The van der Waals surface area contributed by atoms with Crippen molar-refractivity contribution in [3.8, 4) is 17.0 Å². The van der Waals surface area contributed by atoms with Crippen LogP contribution in [0, 0.1) is 17.0 Å². The number of aryl methyl sites for hydroxylation is 1. The highest BCUT2D eigenvalue weighted by Gasteiger charge is 2.16. The molecule has 0 aliphatic carbocycles. The minimum absolute atomic E-state index is 0.000750. The van der Waals surface area contributed by atoms with Crippen molar-refractivity contribution in [3.63, 3.8) is 0 Å². The lowest BCUT2D eigenvalue weighted by atomic mass is 10.1. The third kappa shape index (κ3) is 5.17. The standard InChI is InChI=1S/C25H17ClN6O4S/c1-14-5-7-17(13-19(14)26)31-29-20-8-6-16(12-21(20)30-31)27-25(37)28-24(33)23-10-9-22(36-23)15-3-2-4-18(11-15)32(34)35/h2-13H,1H3,(H2,27,28,33,37). The molecule has 1 amide bonds. The van der Waals surface area contributed by atoms with Crippen molar-refractivity contribution in [2.75, 3.05) is 5.32 Å². The first kappa shape index (κ1) is 24.1. The average Bonchev–Trinajstić information content (AvgIpc) is 3.53. The molecule has 2 heterocycles. The molecule has 0 fully saturated rings. The van der Waals surface area contributed by atoms with Gasteiger partial charge < -0.3 is 9.73 Å². The summed E-state index contributed by atoms with van der Waals surface area (Å²) < 4.78 is 5.58. The number of fused-ring (bicyclic) bond motifs is 1. The van der Waals surface area contributed by atoms with Gasteiger partial charge in [0.25, 0.3) is 11.6 Å². The minimum Gasteiger partial charge on any atom is -0.451 e. The molecule has 12 heteroatoms. The Labute approximate surface area is 220 Å². The number of nitro groups is 1. The summed E-state index contributed by atoms with van der Waals surface area (Å²) in [7, 11) is 0. The number of non-ortho nitro benzene ring substituents is 1. The Balaban J connectivity index is 1.26. The fourth-order valence-electron chi connectivity index (χ4n) is 3.53. The number of nitrogens with one attached hydrogen (secondary N) is 2. The summed E-state index contributed by atoms with van der Waals surface area (Å²) in [4.78, 5) is 24.6. The van der Waals surface area contributed by atoms with Gasteiger partial charge >= 0.3 is 0 Å². The van der Waals surface area contributed by atoms with Gasteiger partial charge in [0.05, 0.1) is 10.6 Å². The third-order valence-electron chi connectivity index (χ3n) is 5.42. The third-order valence-corrected chi connectivity index (χ3v) is 6.03. The van der Waals surface area contributed by atoms with E-state index in [9.17, 15) is 14.9 Å². The Morgan fingerprint density at radius 3 is 2.65 bits per heavy atom. The highest BCUT2D eigenvalue weighted by atomic mass is 35.5. The fraction of sp³-hybridized carbons (Fsp3) is 0.0400. The Bertz CT molecular complexity index is 1700. The summed E-state index contributed by atoms with van der Waals surface area (Å²) in [5.41, 5.74) is 3.97. The number of hydrogen-bond acceptors (Lipinski definition) is 7. The second-order valence-corrected chi connectivity index (χ2v) is 8.82. The zero-order valence-corrected chi connectivity index (χ0v) is 20.7. The van der Waals surface area contributed by atoms with E-state index < -0.39 is 10.8 Å². The summed E-state index contributed by atoms with van der Waals surface area (Å²) in [6.45, 7) is 1.92. The molecule has 184 valence electrons. The Morgan fingerprint density at radius 1 is 1.05 bits per heavy atom. The van der Waals surface area contributed by atoms with Crippen LogP contribution in [0.5, 0.6) is 0 Å². The molecule has 3 aromatic carbocycles. The van der Waals surface area contributed by atoms with Crippen LogP contribution in [0.1, 0.15) is 16.1 Å². The number of rotatable bonds is 5. The van der Waals surface area contributed by atoms with Crippen molar-refractivity contribution < 1.29 is 14.1 Å². The van der Waals surface area contributed by atoms with Gasteiger partial charge in [0, 0.05) is 28.4 Å². The van der Waals surface area contributed by atoms with Crippen LogP contribution in [0.25, 0.3) is 28.0 Å². The zero-order chi connectivity index (χ0) is 26.1. The van der Waals surface area contributed by atoms with Crippen LogP contribution in [0.2, 0.25) is 5.02 Å². The van der Waals surface area contributed by atoms with Crippen LogP contribution in [0.4, 0.5) is 11.4 Å². The van der Waals surface area contributed by atoms with Gasteiger partial charge in [0.1, 0.15) is 16.8 Å². The molecule has 5 aromatic rings. The molecule has 0 atom stereocenters. The number of nitro benzene ring substituents is 1. The van der Waals surface area contributed by atoms with Crippen molar-refractivity contribution in [1.82, 2.24) is 20.3 Å². The van der Waals surface area contributed by atoms with Crippen LogP contribution in [0.15, 0.2) is 77.2 Å². The minimum atomic E-state index is -0.572. The molecule has 2 aromatic heterocycles. The molecular weight excluding hydrogens is 516 g/mol. The number of furan rings is 1. The SMILES string of the molecule is Cc1ccc(-n2nc3ccc(NC(=S)NC(=O)c4ccc(-c5cccc([N+](=O)[O-])c5)o4)cc3n2)cc1Cl. The highest BCUT2D eigenvalue weighted by molar-refractivity contribution is 7.80. The van der Waals surface area contributed by atoms with E-state index in [1.165, 1.54) is 23.0 Å². The van der Waals surface area contributed by atoms with Gasteiger partial charge in [0.2, 0.25) is 0 Å². The maximum absolute atomic E-state index is 12.6. The van der Waals surface area contributed by atoms with Crippen LogP contribution in [-0.4, -0.2) is 30.9 Å². The number of amides is 1. The van der Waals surface area contributed by atoms with Crippen molar-refractivity contribution in [2.45, 2.75) is 6.92 Å². The maximum atomic E-state index is 12.6. The van der Waals surface area contributed by atoms with Gasteiger partial charge in [0.15, 0.2) is 10.9 Å². The van der Waals surface area contributed by atoms with Gasteiger partial charge in [-0.05, 0) is 67.2 Å². The van der Waals surface area contributed by atoms with Gasteiger partial charge in [-0.25, -0.2) is 0 Å². The molecule has 5 rings (SSSR count). The van der Waals surface area contributed by atoms with E-state index in [0.29, 0.717) is 33.1 Å². The smallest absolute Gasteiger partial charge is 0.293 e. The highest BCUT2D eigenvalue weighted by Crippen LogP contribution is 2.26. The molecule has 0 bridgehead atoms. The zero-order valence-electron chi connectivity index (χ0n) is 19.1. The van der Waals surface area contributed by atoms with E-state index in [1.807, 2.05) is 19.1 Å². The van der Waals surface area contributed by atoms with E-state index >= 15 is 0 Å². The van der Waals surface area contributed by atoms with E-state index in [1.54, 1.807) is 42.5 Å². The number of hydrogen-bond donors (Lipinski definition) is 2. The van der Waals surface area contributed by atoms with E-state index in [-0.39, 0.29) is 16.6 Å². The van der Waals surface area contributed by atoms with Crippen LogP contribution in [0.3, 0.4) is 0 Å². The molecule has 10 nitrogen and oxygen atoms in total. The van der Waals surface area contributed by atoms with Gasteiger partial charge in [-0.2, -0.15) is 4.80 Å². The summed E-state index contributed by atoms with van der Waals surface area (Å²) in [5, 5.41) is 26.1. The van der Waals surface area contributed by atoms with Crippen LogP contribution in [-0.2, 0) is 0 Å². The second kappa shape index (κ2) is 9.80. The molecule has 2 N–H and O–H groups in total. The molecule has 0 aliphatic rings. The number of benzene rings is 3. The van der Waals surface area contributed by atoms with E-state index in [2.05, 4.69) is 20.8 Å². The first-order chi connectivity index (χ1) is 17.8. The first-order valence-electron chi connectivity index (χ1n) is 10.9. The number of nitrogens with zero attached hydrogens (tertiary/aromatic N) is 4. The predicted octanol–water partition coefficient (Wildman–Crippen LogP) is 5.68. The lowest BCUT2D eigenvalue weighted by Gasteiger charge is -2.08. The molecule has 0 radical (unpaired) electrons. The topological polar surface area (TPSA) is 128 Å². The lowest BCUT2D eigenvalue weighted by Crippen LogP contribution is -2.33. The largest absolute Gasteiger partial charge is 0.451 e. The van der Waals surface area contributed by atoms with Crippen LogP contribution >= 0.6 is 23.8 Å². The van der Waals surface area contributed by atoms with E-state index in [4.69, 9.17) is 28.2 Å². The van der Waals surface area contributed by atoms with Crippen molar-refractivity contribution in [3.05, 3.63) is 99.3 Å². The number of anilines is 1. The van der Waals surface area contributed by atoms with E-state index in [0.717, 1.165) is 11.3 Å². The van der Waals surface area contributed by atoms with Gasteiger partial charge in [-0.1, -0.05) is 29.8 Å². The number of aromatic nitrogens is 3. The van der Waals surface area contributed by atoms with Crippen molar-refractivity contribution in [2.24, 2.45) is 0 Å². The predicted molar refractivity (Wildman–Crippen MR) is 143 cm³/mol. The monoisotopic (exact) mass is 532 g/mol. The Morgan fingerprint density at radius 2 is 1.86 bits per heavy atom. The second-order valence-electron chi connectivity index (χ2n) is 8.01. The quantitative estimate of drug-likeness (QED) is 0.168. The number of carbonyl (C=O) groups excluding carboxylic acids is 1. The number of thiocarbonyl (C=S) groups is 1. The summed E-state index contributed by atoms with van der Waals surface area (Å²) >= 11 is 11.5. The normalized spacial score (nSPS) is 10.9. The summed E-state index contributed by atoms with van der Waals surface area (Å²) in [5.74, 6) is -0.255. The fourth-order valence-corrected chi connectivity index (χ4v) is 3.91. The van der Waals surface area contributed by atoms with Crippen LogP contribution < -0.4 is 10.6 Å². The molecule has 0 spiro atoms. The first-order valence-corrected chi connectivity index (χ1v) is 11.7. The van der Waals surface area contributed by atoms with Gasteiger partial charge in [-0.3, -0.25) is 20.2 Å². The average molecular weight is 533 g/mol. The maximum Gasteiger partial charge on any atom is 0.293 e. The Kier molecular flexibility index (Phi) is 6.38. The molecule has 0 saturated heterocycles. The molecule has 37 heavy (non-hydrogen) atoms. The molecule has 0 unspecified atom stereocenters. The van der Waals surface area contributed by atoms with Crippen molar-refractivity contribution >= 4 is 57.2 Å². The number of carbonyl (C=O) groups is 1. The number of halogens is 1. The molecule has 0 saturated carbocycles. The Hall–Kier alpha value is -4.61. The lowest BCUT2D eigenvalue weighted by molar-refractivity contribution is -0.384.